The van der Waals surface area contributed by atoms with Gasteiger partial charge in [-0.25, -0.2) is 4.79 Å². The first-order valence-electron chi connectivity index (χ1n) is 8.08. The fourth-order valence-corrected chi connectivity index (χ4v) is 2.25. The molecule has 1 atom stereocenters. The van der Waals surface area contributed by atoms with Crippen molar-refractivity contribution in [3.05, 3.63) is 29.8 Å². The average Bonchev–Trinajstić information content (AvgIpc) is 2.54. The number of carboxylic acids is 1. The first-order valence-corrected chi connectivity index (χ1v) is 8.08. The third-order valence-corrected chi connectivity index (χ3v) is 4.12. The van der Waals surface area contributed by atoms with Gasteiger partial charge in [-0.15, -0.1) is 0 Å². The van der Waals surface area contributed by atoms with Gasteiger partial charge in [0, 0.05) is 6.42 Å². The molecule has 1 aromatic rings. The second kappa shape index (κ2) is 9.18. The number of carboxylic acid groups (broad SMARTS) is 1. The fourth-order valence-electron chi connectivity index (χ4n) is 2.25. The van der Waals surface area contributed by atoms with Crippen molar-refractivity contribution >= 4 is 11.9 Å². The Bertz CT molecular complexity index is 512. The van der Waals surface area contributed by atoms with Gasteiger partial charge in [0.2, 0.25) is 5.91 Å². The molecule has 0 bridgehead atoms. The second-order valence-electron chi connectivity index (χ2n) is 5.95. The zero-order chi connectivity index (χ0) is 17.3. The number of aliphatic carboxylic acids is 1. The highest BCUT2D eigenvalue weighted by Crippen LogP contribution is 2.14. The molecule has 0 saturated carbocycles. The highest BCUT2D eigenvalue weighted by atomic mass is 16.5. The van der Waals surface area contributed by atoms with E-state index < -0.39 is 11.5 Å². The van der Waals surface area contributed by atoms with Gasteiger partial charge in [-0.2, -0.15) is 0 Å². The number of carbonyl (C=O) groups excluding carboxylic acids is 1. The van der Waals surface area contributed by atoms with Crippen LogP contribution < -0.4 is 10.1 Å². The molecule has 0 spiro atoms. The Morgan fingerprint density at radius 3 is 2.35 bits per heavy atom. The molecule has 0 fully saturated rings. The van der Waals surface area contributed by atoms with Gasteiger partial charge in [0.15, 0.2) is 0 Å². The average molecular weight is 321 g/mol. The van der Waals surface area contributed by atoms with Crippen LogP contribution in [0.1, 0.15) is 51.5 Å². The van der Waals surface area contributed by atoms with Gasteiger partial charge in [0.25, 0.3) is 0 Å². The molecule has 0 aliphatic rings. The molecule has 1 aromatic carbocycles. The maximum absolute atomic E-state index is 11.8. The smallest absolute Gasteiger partial charge is 0.329 e. The van der Waals surface area contributed by atoms with Crippen LogP contribution in [0.5, 0.6) is 5.75 Å². The second-order valence-corrected chi connectivity index (χ2v) is 5.95. The highest BCUT2D eigenvalue weighted by Gasteiger charge is 2.32. The number of unbranched alkanes of at least 4 members (excludes halogenated alkanes) is 2. The van der Waals surface area contributed by atoms with Crippen molar-refractivity contribution in [2.75, 3.05) is 7.11 Å². The van der Waals surface area contributed by atoms with Gasteiger partial charge in [-0.1, -0.05) is 25.5 Å². The number of nitrogens with one attached hydrogen (secondary N) is 1. The van der Waals surface area contributed by atoms with Gasteiger partial charge in [0.1, 0.15) is 11.3 Å². The van der Waals surface area contributed by atoms with Crippen molar-refractivity contribution in [3.63, 3.8) is 0 Å². The van der Waals surface area contributed by atoms with Gasteiger partial charge in [-0.05, 0) is 50.3 Å². The lowest BCUT2D eigenvalue weighted by molar-refractivity contribution is -0.147. The Labute approximate surface area is 138 Å². The third kappa shape index (κ3) is 6.30. The van der Waals surface area contributed by atoms with E-state index >= 15 is 0 Å². The summed E-state index contributed by atoms with van der Waals surface area (Å²) in [7, 11) is 1.65. The molecule has 23 heavy (non-hydrogen) atoms. The van der Waals surface area contributed by atoms with E-state index in [-0.39, 0.29) is 5.91 Å². The van der Waals surface area contributed by atoms with Crippen LogP contribution in [-0.2, 0) is 16.0 Å². The van der Waals surface area contributed by atoms with Crippen LogP contribution in [0.25, 0.3) is 0 Å². The van der Waals surface area contributed by atoms with Gasteiger partial charge < -0.3 is 15.2 Å². The first-order chi connectivity index (χ1) is 10.9. The number of ether oxygens (including phenoxy) is 1. The summed E-state index contributed by atoms with van der Waals surface area (Å²) in [6.07, 6.45) is 4.41. The molecule has 0 radical (unpaired) electrons. The minimum absolute atomic E-state index is 0.193. The van der Waals surface area contributed by atoms with E-state index in [1.807, 2.05) is 24.3 Å². The predicted octanol–water partition coefficient (Wildman–Crippen LogP) is 3.17. The number of aryl methyl sites for hydroxylation is 1. The highest BCUT2D eigenvalue weighted by molar-refractivity contribution is 5.86. The lowest BCUT2D eigenvalue weighted by Gasteiger charge is -2.24. The SMILES string of the molecule is CCC(C)(NC(=O)CCCCCc1ccc(OC)cc1)C(=O)O. The number of hydrogen-bond acceptors (Lipinski definition) is 3. The number of benzene rings is 1. The van der Waals surface area contributed by atoms with Gasteiger partial charge >= 0.3 is 5.97 Å². The molecule has 5 heteroatoms. The van der Waals surface area contributed by atoms with Crippen molar-refractivity contribution in [2.45, 2.75) is 57.9 Å². The molecule has 1 amide bonds. The van der Waals surface area contributed by atoms with E-state index in [1.54, 1.807) is 14.0 Å². The Kier molecular flexibility index (Phi) is 7.59. The van der Waals surface area contributed by atoms with E-state index in [9.17, 15) is 9.59 Å². The van der Waals surface area contributed by atoms with E-state index in [0.717, 1.165) is 31.4 Å². The summed E-state index contributed by atoms with van der Waals surface area (Å²) in [6.45, 7) is 3.29. The van der Waals surface area contributed by atoms with Crippen LogP contribution >= 0.6 is 0 Å². The van der Waals surface area contributed by atoms with Crippen LogP contribution in [0.2, 0.25) is 0 Å². The molecule has 0 heterocycles. The lowest BCUT2D eigenvalue weighted by atomic mass is 9.98. The normalized spacial score (nSPS) is 13.2. The molecule has 5 nitrogen and oxygen atoms in total. The topological polar surface area (TPSA) is 75.6 Å². The summed E-state index contributed by atoms with van der Waals surface area (Å²) in [4.78, 5) is 23.0. The van der Waals surface area contributed by atoms with Crippen LogP contribution in [-0.4, -0.2) is 29.6 Å². The number of carbonyl (C=O) groups is 2. The zero-order valence-electron chi connectivity index (χ0n) is 14.2. The molecule has 0 aliphatic carbocycles. The monoisotopic (exact) mass is 321 g/mol. The van der Waals surface area contributed by atoms with E-state index in [4.69, 9.17) is 9.84 Å². The number of amides is 1. The summed E-state index contributed by atoms with van der Waals surface area (Å²) in [5, 5.41) is 11.7. The van der Waals surface area contributed by atoms with E-state index in [0.29, 0.717) is 12.8 Å². The summed E-state index contributed by atoms with van der Waals surface area (Å²) >= 11 is 0. The van der Waals surface area contributed by atoms with Crippen molar-refractivity contribution in [3.8, 4) is 5.75 Å². The van der Waals surface area contributed by atoms with E-state index in [2.05, 4.69) is 5.32 Å². The van der Waals surface area contributed by atoms with Crippen molar-refractivity contribution < 1.29 is 19.4 Å². The molecular weight excluding hydrogens is 294 g/mol. The summed E-state index contributed by atoms with van der Waals surface area (Å²) in [6, 6.07) is 7.98. The van der Waals surface area contributed by atoms with Gasteiger partial charge in [0.05, 0.1) is 7.11 Å². The Morgan fingerprint density at radius 2 is 1.83 bits per heavy atom. The zero-order valence-corrected chi connectivity index (χ0v) is 14.2. The maximum atomic E-state index is 11.8. The van der Waals surface area contributed by atoms with Crippen molar-refractivity contribution in [1.29, 1.82) is 0 Å². The maximum Gasteiger partial charge on any atom is 0.329 e. The number of methoxy groups -OCH3 is 1. The molecule has 0 aliphatic heterocycles. The molecular formula is C18H27NO4. The first kappa shape index (κ1) is 19.0. The van der Waals surface area contributed by atoms with Crippen LogP contribution in [0.4, 0.5) is 0 Å². The standard InChI is InChI=1S/C18H27NO4/c1-4-18(2,17(21)22)19-16(20)9-7-5-6-8-14-10-12-15(23-3)13-11-14/h10-13H,4-9H2,1-3H3,(H,19,20)(H,21,22). The Hall–Kier alpha value is -2.04. The minimum Gasteiger partial charge on any atom is -0.497 e. The van der Waals surface area contributed by atoms with Crippen LogP contribution in [0.3, 0.4) is 0 Å². The van der Waals surface area contributed by atoms with Crippen LogP contribution in [0.15, 0.2) is 24.3 Å². The fraction of sp³-hybridized carbons (Fsp3) is 0.556. The minimum atomic E-state index is -1.17. The molecule has 0 aromatic heterocycles. The summed E-state index contributed by atoms with van der Waals surface area (Å²) in [5.74, 6) is -0.336. The van der Waals surface area contributed by atoms with Crippen LogP contribution in [0, 0.1) is 0 Å². The predicted molar refractivity (Wildman–Crippen MR) is 89.6 cm³/mol. The molecule has 2 N–H and O–H groups in total. The van der Waals surface area contributed by atoms with Crippen molar-refractivity contribution in [2.24, 2.45) is 0 Å². The molecule has 0 saturated heterocycles. The molecule has 1 rings (SSSR count). The molecule has 128 valence electrons. The Morgan fingerprint density at radius 1 is 1.17 bits per heavy atom. The van der Waals surface area contributed by atoms with Gasteiger partial charge in [-0.3, -0.25) is 4.79 Å². The number of hydrogen-bond donors (Lipinski definition) is 2. The Balaban J connectivity index is 2.23. The number of rotatable bonds is 10. The third-order valence-electron chi connectivity index (χ3n) is 4.12. The summed E-state index contributed by atoms with van der Waals surface area (Å²) < 4.78 is 5.12. The lowest BCUT2D eigenvalue weighted by Crippen LogP contribution is -2.51. The quantitative estimate of drug-likeness (QED) is 0.649. The summed E-state index contributed by atoms with van der Waals surface area (Å²) in [5.41, 5.74) is 0.0832. The largest absolute Gasteiger partial charge is 0.497 e. The van der Waals surface area contributed by atoms with Crippen molar-refractivity contribution in [1.82, 2.24) is 5.32 Å². The molecule has 1 unspecified atom stereocenters. The van der Waals surface area contributed by atoms with E-state index in [1.165, 1.54) is 12.5 Å².